The van der Waals surface area contributed by atoms with E-state index < -0.39 is 11.7 Å². The first kappa shape index (κ1) is 15.5. The van der Waals surface area contributed by atoms with Crippen molar-refractivity contribution in [1.82, 2.24) is 0 Å². The number of thiophene rings is 1. The third-order valence-corrected chi connectivity index (χ3v) is 3.99. The first-order valence-corrected chi connectivity index (χ1v) is 7.17. The van der Waals surface area contributed by atoms with Gasteiger partial charge < -0.3 is 10.4 Å². The molecule has 0 saturated carbocycles. The smallest absolute Gasteiger partial charge is 0.265 e. The summed E-state index contributed by atoms with van der Waals surface area (Å²) in [5.74, 6) is 4.31. The molecule has 0 saturated heterocycles. The summed E-state index contributed by atoms with van der Waals surface area (Å²) in [6, 6.07) is 5.62. The molecule has 0 unspecified atom stereocenters. The summed E-state index contributed by atoms with van der Waals surface area (Å²) in [6.45, 7) is 1.57. The van der Waals surface area contributed by atoms with Gasteiger partial charge in [-0.05, 0) is 36.8 Å². The van der Waals surface area contributed by atoms with Crippen molar-refractivity contribution in [2.24, 2.45) is 0 Å². The molecule has 0 radical (unpaired) electrons. The quantitative estimate of drug-likeness (QED) is 0.832. The van der Waals surface area contributed by atoms with Crippen molar-refractivity contribution < 1.29 is 14.3 Å². The second-order valence-electron chi connectivity index (χ2n) is 4.16. The van der Waals surface area contributed by atoms with Gasteiger partial charge in [-0.2, -0.15) is 0 Å². The van der Waals surface area contributed by atoms with Crippen LogP contribution in [0.2, 0.25) is 5.02 Å². The van der Waals surface area contributed by atoms with Gasteiger partial charge in [-0.25, -0.2) is 4.39 Å². The minimum absolute atomic E-state index is 0.0292. The molecule has 1 aromatic heterocycles. The van der Waals surface area contributed by atoms with Gasteiger partial charge >= 0.3 is 0 Å². The molecule has 0 bridgehead atoms. The zero-order chi connectivity index (χ0) is 15.4. The van der Waals surface area contributed by atoms with E-state index in [1.54, 1.807) is 6.07 Å². The first-order chi connectivity index (χ1) is 10.0. The molecule has 3 nitrogen and oxygen atoms in total. The van der Waals surface area contributed by atoms with E-state index in [1.807, 2.05) is 6.92 Å². The summed E-state index contributed by atoms with van der Waals surface area (Å²) in [5, 5.41) is 11.5. The Kier molecular flexibility index (Phi) is 4.97. The molecule has 1 amide bonds. The Bertz CT molecular complexity index is 746. The standard InChI is InChI=1S/C15H11ClFNO2S/c1-9-7-14(21-13(9)3-2-6-19)15(20)18-12-8-10(16)4-5-11(12)17/h4-5,7-8,19H,6H2,1H3,(H,18,20). The number of hydrogen-bond acceptors (Lipinski definition) is 3. The van der Waals surface area contributed by atoms with Gasteiger partial charge in [0.2, 0.25) is 0 Å². The number of carbonyl (C=O) groups is 1. The van der Waals surface area contributed by atoms with Crippen LogP contribution in [0.4, 0.5) is 10.1 Å². The zero-order valence-electron chi connectivity index (χ0n) is 11.0. The van der Waals surface area contributed by atoms with Crippen LogP contribution in [0.1, 0.15) is 20.1 Å². The van der Waals surface area contributed by atoms with E-state index in [1.165, 1.54) is 29.5 Å². The highest BCUT2D eigenvalue weighted by Crippen LogP contribution is 2.24. The third-order valence-electron chi connectivity index (χ3n) is 2.60. The molecule has 0 fully saturated rings. The Morgan fingerprint density at radius 2 is 2.24 bits per heavy atom. The number of aliphatic hydroxyl groups is 1. The number of carbonyl (C=O) groups excluding carboxylic acids is 1. The van der Waals surface area contributed by atoms with Crippen molar-refractivity contribution in [2.75, 3.05) is 11.9 Å². The zero-order valence-corrected chi connectivity index (χ0v) is 12.6. The molecule has 0 aliphatic heterocycles. The molecule has 6 heteroatoms. The Morgan fingerprint density at radius 1 is 1.48 bits per heavy atom. The van der Waals surface area contributed by atoms with Crippen LogP contribution in [0.15, 0.2) is 24.3 Å². The van der Waals surface area contributed by atoms with E-state index in [0.29, 0.717) is 14.8 Å². The van der Waals surface area contributed by atoms with Crippen LogP contribution in [-0.4, -0.2) is 17.6 Å². The lowest BCUT2D eigenvalue weighted by molar-refractivity contribution is 0.103. The molecule has 108 valence electrons. The van der Waals surface area contributed by atoms with Crippen LogP contribution in [-0.2, 0) is 0 Å². The van der Waals surface area contributed by atoms with Gasteiger partial charge in [0.05, 0.1) is 15.4 Å². The Labute approximate surface area is 130 Å². The Hall–Kier alpha value is -1.87. The summed E-state index contributed by atoms with van der Waals surface area (Å²) in [6.07, 6.45) is 0. The van der Waals surface area contributed by atoms with Crippen LogP contribution in [0.5, 0.6) is 0 Å². The van der Waals surface area contributed by atoms with Crippen LogP contribution in [0, 0.1) is 24.6 Å². The minimum Gasteiger partial charge on any atom is -0.384 e. The van der Waals surface area contributed by atoms with E-state index in [2.05, 4.69) is 17.2 Å². The van der Waals surface area contributed by atoms with Gasteiger partial charge in [-0.3, -0.25) is 4.79 Å². The molecule has 0 aliphatic rings. The van der Waals surface area contributed by atoms with E-state index in [9.17, 15) is 9.18 Å². The average Bonchev–Trinajstić information content (AvgIpc) is 2.82. The molecule has 0 atom stereocenters. The molecule has 2 aromatic rings. The maximum Gasteiger partial charge on any atom is 0.265 e. The average molecular weight is 324 g/mol. The highest BCUT2D eigenvalue weighted by atomic mass is 35.5. The number of rotatable bonds is 2. The molecule has 2 N–H and O–H groups in total. The number of halogens is 2. The van der Waals surface area contributed by atoms with Crippen molar-refractivity contribution in [3.05, 3.63) is 50.4 Å². The monoisotopic (exact) mass is 323 g/mol. The van der Waals surface area contributed by atoms with Crippen molar-refractivity contribution >= 4 is 34.5 Å². The lowest BCUT2D eigenvalue weighted by Gasteiger charge is -2.05. The Morgan fingerprint density at radius 3 is 2.95 bits per heavy atom. The maximum absolute atomic E-state index is 13.6. The van der Waals surface area contributed by atoms with Gasteiger partial charge in [0.25, 0.3) is 5.91 Å². The molecule has 1 aromatic carbocycles. The predicted molar refractivity (Wildman–Crippen MR) is 82.4 cm³/mol. The van der Waals surface area contributed by atoms with Gasteiger partial charge in [-0.1, -0.05) is 23.4 Å². The summed E-state index contributed by atoms with van der Waals surface area (Å²) < 4.78 is 13.6. The molecular formula is C15H11ClFNO2S. The fourth-order valence-corrected chi connectivity index (χ4v) is 2.73. The minimum atomic E-state index is -0.554. The molecule has 21 heavy (non-hydrogen) atoms. The van der Waals surface area contributed by atoms with Gasteiger partial charge in [0.15, 0.2) is 0 Å². The number of amides is 1. The maximum atomic E-state index is 13.6. The largest absolute Gasteiger partial charge is 0.384 e. The second kappa shape index (κ2) is 6.72. The highest BCUT2D eigenvalue weighted by molar-refractivity contribution is 7.14. The highest BCUT2D eigenvalue weighted by Gasteiger charge is 2.14. The molecule has 1 heterocycles. The topological polar surface area (TPSA) is 49.3 Å². The third kappa shape index (κ3) is 3.82. The second-order valence-corrected chi connectivity index (χ2v) is 5.65. The lowest BCUT2D eigenvalue weighted by Crippen LogP contribution is -2.11. The van der Waals surface area contributed by atoms with E-state index >= 15 is 0 Å². The van der Waals surface area contributed by atoms with Crippen LogP contribution < -0.4 is 5.32 Å². The van der Waals surface area contributed by atoms with Crippen LogP contribution in [0.25, 0.3) is 0 Å². The lowest BCUT2D eigenvalue weighted by atomic mass is 10.2. The van der Waals surface area contributed by atoms with Crippen molar-refractivity contribution in [3.8, 4) is 11.8 Å². The summed E-state index contributed by atoms with van der Waals surface area (Å²) in [4.78, 5) is 13.2. The predicted octanol–water partition coefficient (Wildman–Crippen LogP) is 3.45. The number of aliphatic hydroxyl groups excluding tert-OH is 1. The normalized spacial score (nSPS) is 9.90. The van der Waals surface area contributed by atoms with Gasteiger partial charge in [0.1, 0.15) is 12.4 Å². The number of anilines is 1. The molecule has 0 spiro atoms. The van der Waals surface area contributed by atoms with E-state index in [0.717, 1.165) is 5.56 Å². The fraction of sp³-hybridized carbons (Fsp3) is 0.133. The Balaban J connectivity index is 2.23. The van der Waals surface area contributed by atoms with Crippen LogP contribution in [0.3, 0.4) is 0 Å². The molecule has 0 aliphatic carbocycles. The summed E-state index contributed by atoms with van der Waals surface area (Å²) in [5.41, 5.74) is 0.860. The van der Waals surface area contributed by atoms with Crippen LogP contribution >= 0.6 is 22.9 Å². The number of nitrogens with one attached hydrogen (secondary N) is 1. The van der Waals surface area contributed by atoms with E-state index in [-0.39, 0.29) is 12.3 Å². The number of aryl methyl sites for hydroxylation is 1. The van der Waals surface area contributed by atoms with Gasteiger partial charge in [-0.15, -0.1) is 11.3 Å². The number of hydrogen-bond donors (Lipinski definition) is 2. The SMILES string of the molecule is Cc1cc(C(=O)Nc2cc(Cl)ccc2F)sc1C#CCO. The fourth-order valence-electron chi connectivity index (χ4n) is 1.62. The first-order valence-electron chi connectivity index (χ1n) is 5.98. The van der Waals surface area contributed by atoms with E-state index in [4.69, 9.17) is 16.7 Å². The number of benzene rings is 1. The summed E-state index contributed by atoms with van der Waals surface area (Å²) >= 11 is 6.96. The van der Waals surface area contributed by atoms with Crippen molar-refractivity contribution in [3.63, 3.8) is 0 Å². The summed E-state index contributed by atoms with van der Waals surface area (Å²) in [7, 11) is 0. The van der Waals surface area contributed by atoms with Crippen molar-refractivity contribution in [2.45, 2.75) is 6.92 Å². The molecule has 2 rings (SSSR count). The molecular weight excluding hydrogens is 313 g/mol. The van der Waals surface area contributed by atoms with Crippen molar-refractivity contribution in [1.29, 1.82) is 0 Å². The van der Waals surface area contributed by atoms with Gasteiger partial charge in [0, 0.05) is 5.02 Å².